The predicted octanol–water partition coefficient (Wildman–Crippen LogP) is 1.37. The van der Waals surface area contributed by atoms with Gasteiger partial charge in [0.1, 0.15) is 0 Å². The van der Waals surface area contributed by atoms with Crippen LogP contribution < -0.4 is 11.1 Å². The highest BCUT2D eigenvalue weighted by molar-refractivity contribution is 9.10. The molecule has 0 aliphatic heterocycles. The number of nitrogens with one attached hydrogen (secondary N) is 2. The fourth-order valence-corrected chi connectivity index (χ4v) is 1.35. The van der Waals surface area contributed by atoms with Gasteiger partial charge in [-0.3, -0.25) is 5.43 Å². The van der Waals surface area contributed by atoms with Crippen LogP contribution >= 0.6 is 15.9 Å². The van der Waals surface area contributed by atoms with E-state index in [1.54, 1.807) is 6.21 Å². The normalized spacial score (nSPS) is 10.6. The molecule has 7 heteroatoms. The van der Waals surface area contributed by atoms with Gasteiger partial charge in [0, 0.05) is 4.47 Å². The molecular weight excluding hydrogens is 286 g/mol. The van der Waals surface area contributed by atoms with Crippen molar-refractivity contribution in [1.29, 1.82) is 0 Å². The molecule has 0 spiro atoms. The lowest BCUT2D eigenvalue weighted by Gasteiger charge is -1.96. The molecule has 0 fully saturated rings. The summed E-state index contributed by atoms with van der Waals surface area (Å²) < 4.78 is 1.00. The third-order valence-corrected chi connectivity index (χ3v) is 2.36. The number of nitrogens with zero attached hydrogens (tertiary/aromatic N) is 3. The van der Waals surface area contributed by atoms with Crippen molar-refractivity contribution in [2.45, 2.75) is 0 Å². The Kier molecular flexibility index (Phi) is 3.61. The Balaban J connectivity index is 2.02. The van der Waals surface area contributed by atoms with E-state index in [9.17, 15) is 4.79 Å². The maximum atomic E-state index is 10.8. The van der Waals surface area contributed by atoms with Crippen LogP contribution in [0.5, 0.6) is 0 Å². The van der Waals surface area contributed by atoms with E-state index < -0.39 is 5.69 Å². The van der Waals surface area contributed by atoms with Gasteiger partial charge in [-0.1, -0.05) is 28.1 Å². The van der Waals surface area contributed by atoms with Crippen LogP contribution in [0.1, 0.15) is 5.56 Å². The van der Waals surface area contributed by atoms with Gasteiger partial charge >= 0.3 is 5.69 Å². The molecule has 0 aliphatic rings. The molecule has 6 nitrogen and oxygen atoms in total. The van der Waals surface area contributed by atoms with E-state index in [-0.39, 0.29) is 0 Å². The summed E-state index contributed by atoms with van der Waals surface area (Å²) in [7, 11) is 0. The van der Waals surface area contributed by atoms with Gasteiger partial charge in [0.15, 0.2) is 5.82 Å². The number of H-pyrrole nitrogens is 1. The highest BCUT2D eigenvalue weighted by atomic mass is 79.9. The lowest BCUT2D eigenvalue weighted by molar-refractivity contribution is 0.913. The van der Waals surface area contributed by atoms with Crippen molar-refractivity contribution in [3.63, 3.8) is 0 Å². The lowest BCUT2D eigenvalue weighted by Crippen LogP contribution is -2.13. The van der Waals surface area contributed by atoms with Gasteiger partial charge in [-0.2, -0.15) is 15.2 Å². The summed E-state index contributed by atoms with van der Waals surface area (Å²) in [6.45, 7) is 0. The quantitative estimate of drug-likeness (QED) is 0.661. The summed E-state index contributed by atoms with van der Waals surface area (Å²) >= 11 is 3.34. The number of aromatic amines is 1. The average Bonchev–Trinajstić information content (AvgIpc) is 2.32. The fourth-order valence-electron chi connectivity index (χ4n) is 1.09. The van der Waals surface area contributed by atoms with Crippen LogP contribution in [0.4, 0.5) is 5.82 Å². The van der Waals surface area contributed by atoms with Crippen LogP contribution in [-0.2, 0) is 0 Å². The SMILES string of the molecule is O=c1nc(N/N=C/c2ccc(Br)cc2)cn[nH]1. The maximum Gasteiger partial charge on any atom is 0.363 e. The zero-order chi connectivity index (χ0) is 12.1. The van der Waals surface area contributed by atoms with Gasteiger partial charge in [-0.05, 0) is 17.7 Å². The Hall–Kier alpha value is -2.02. The molecule has 0 saturated heterocycles. The number of rotatable bonds is 3. The molecule has 1 aromatic heterocycles. The third-order valence-electron chi connectivity index (χ3n) is 1.83. The van der Waals surface area contributed by atoms with E-state index in [1.165, 1.54) is 6.20 Å². The summed E-state index contributed by atoms with van der Waals surface area (Å²) in [6, 6.07) is 7.63. The van der Waals surface area contributed by atoms with E-state index in [0.717, 1.165) is 10.0 Å². The molecule has 0 saturated carbocycles. The second-order valence-electron chi connectivity index (χ2n) is 3.09. The Bertz CT molecular complexity index is 578. The van der Waals surface area contributed by atoms with Crippen molar-refractivity contribution in [3.8, 4) is 0 Å². The molecule has 17 heavy (non-hydrogen) atoms. The fraction of sp³-hybridized carbons (Fsp3) is 0. The first-order valence-corrected chi connectivity index (χ1v) is 5.50. The number of hydrazone groups is 1. The minimum atomic E-state index is -0.520. The summed E-state index contributed by atoms with van der Waals surface area (Å²) in [6.07, 6.45) is 3.00. The van der Waals surface area contributed by atoms with Crippen molar-refractivity contribution >= 4 is 28.0 Å². The molecule has 0 amide bonds. The minimum Gasteiger partial charge on any atom is -0.260 e. The molecular formula is C10H8BrN5O. The molecule has 0 unspecified atom stereocenters. The van der Waals surface area contributed by atoms with Crippen molar-refractivity contribution in [2.24, 2.45) is 5.10 Å². The molecule has 0 aliphatic carbocycles. The van der Waals surface area contributed by atoms with E-state index in [4.69, 9.17) is 0 Å². The number of hydrogen-bond donors (Lipinski definition) is 2. The Morgan fingerprint density at radius 2 is 2.12 bits per heavy atom. The number of halogens is 1. The Morgan fingerprint density at radius 1 is 1.35 bits per heavy atom. The zero-order valence-electron chi connectivity index (χ0n) is 8.59. The highest BCUT2D eigenvalue weighted by Crippen LogP contribution is 2.09. The van der Waals surface area contributed by atoms with Crippen LogP contribution in [0.15, 0.2) is 44.8 Å². The number of anilines is 1. The first-order valence-electron chi connectivity index (χ1n) is 4.70. The first-order chi connectivity index (χ1) is 8.24. The third kappa shape index (κ3) is 3.49. The molecule has 2 rings (SSSR count). The molecule has 0 bridgehead atoms. The summed E-state index contributed by atoms with van der Waals surface area (Å²) in [4.78, 5) is 14.4. The monoisotopic (exact) mass is 293 g/mol. The Labute approximate surface area is 105 Å². The van der Waals surface area contributed by atoms with E-state index >= 15 is 0 Å². The molecule has 86 valence electrons. The van der Waals surface area contributed by atoms with Gasteiger partial charge in [0.25, 0.3) is 0 Å². The van der Waals surface area contributed by atoms with Crippen molar-refractivity contribution in [1.82, 2.24) is 15.2 Å². The Morgan fingerprint density at radius 3 is 2.82 bits per heavy atom. The second-order valence-corrected chi connectivity index (χ2v) is 4.01. The number of hydrogen-bond acceptors (Lipinski definition) is 5. The molecule has 0 atom stereocenters. The maximum absolute atomic E-state index is 10.8. The van der Waals surface area contributed by atoms with Crippen molar-refractivity contribution in [3.05, 3.63) is 51.0 Å². The van der Waals surface area contributed by atoms with Crippen molar-refractivity contribution in [2.75, 3.05) is 5.43 Å². The van der Waals surface area contributed by atoms with Crippen LogP contribution in [0.25, 0.3) is 0 Å². The predicted molar refractivity (Wildman–Crippen MR) is 68.0 cm³/mol. The minimum absolute atomic E-state index is 0.294. The molecule has 1 aromatic carbocycles. The molecule has 0 radical (unpaired) electrons. The largest absolute Gasteiger partial charge is 0.363 e. The highest BCUT2D eigenvalue weighted by Gasteiger charge is 1.92. The zero-order valence-corrected chi connectivity index (χ0v) is 10.2. The first kappa shape index (κ1) is 11.5. The van der Waals surface area contributed by atoms with Crippen LogP contribution in [0, 0.1) is 0 Å². The van der Waals surface area contributed by atoms with E-state index in [0.29, 0.717) is 5.82 Å². The van der Waals surface area contributed by atoms with Gasteiger partial charge in [-0.15, -0.1) is 0 Å². The standard InChI is InChI=1S/C10H8BrN5O/c11-8-3-1-7(2-4-8)5-12-15-9-6-13-16-10(17)14-9/h1-6H,(H2,14,15,16,17)/b12-5+. The van der Waals surface area contributed by atoms with Crippen molar-refractivity contribution < 1.29 is 0 Å². The van der Waals surface area contributed by atoms with Crippen LogP contribution in [-0.4, -0.2) is 21.4 Å². The molecule has 2 N–H and O–H groups in total. The summed E-state index contributed by atoms with van der Waals surface area (Å²) in [5, 5.41) is 9.69. The smallest absolute Gasteiger partial charge is 0.260 e. The van der Waals surface area contributed by atoms with Crippen LogP contribution in [0.3, 0.4) is 0 Å². The number of benzene rings is 1. The topological polar surface area (TPSA) is 83.0 Å². The van der Waals surface area contributed by atoms with E-state index in [2.05, 4.69) is 41.6 Å². The van der Waals surface area contributed by atoms with Gasteiger partial charge in [0.2, 0.25) is 0 Å². The molecule has 1 heterocycles. The van der Waals surface area contributed by atoms with Crippen LogP contribution in [0.2, 0.25) is 0 Å². The van der Waals surface area contributed by atoms with E-state index in [1.807, 2.05) is 24.3 Å². The summed E-state index contributed by atoms with van der Waals surface area (Å²) in [5.41, 5.74) is 3.02. The van der Waals surface area contributed by atoms with Gasteiger partial charge in [-0.25, -0.2) is 9.89 Å². The van der Waals surface area contributed by atoms with Gasteiger partial charge in [0.05, 0.1) is 12.4 Å². The summed E-state index contributed by atoms with van der Waals surface area (Å²) in [5.74, 6) is 0.294. The number of aromatic nitrogens is 3. The lowest BCUT2D eigenvalue weighted by atomic mass is 10.2. The molecule has 2 aromatic rings. The second kappa shape index (κ2) is 5.35. The average molecular weight is 294 g/mol. The van der Waals surface area contributed by atoms with Gasteiger partial charge < -0.3 is 0 Å².